The molecule has 0 heterocycles. The van der Waals surface area contributed by atoms with Crippen molar-refractivity contribution in [2.24, 2.45) is 0 Å². The maximum absolute atomic E-state index is 11.9. The molecule has 20 heavy (non-hydrogen) atoms. The number of hydrogen-bond donors (Lipinski definition) is 2. The lowest BCUT2D eigenvalue weighted by molar-refractivity contribution is -0.130. The minimum Gasteiger partial charge on any atom is -0.395 e. The molecule has 0 saturated carbocycles. The van der Waals surface area contributed by atoms with Crippen molar-refractivity contribution in [2.75, 3.05) is 26.2 Å². The van der Waals surface area contributed by atoms with Crippen molar-refractivity contribution in [3.05, 3.63) is 47.5 Å². The van der Waals surface area contributed by atoms with Crippen LogP contribution in [-0.2, 0) is 4.79 Å². The predicted molar refractivity (Wildman–Crippen MR) is 77.6 cm³/mol. The first-order valence-corrected chi connectivity index (χ1v) is 6.50. The second-order valence-electron chi connectivity index (χ2n) is 4.01. The molecule has 2 amide bonds. The van der Waals surface area contributed by atoms with Crippen molar-refractivity contribution < 1.29 is 14.7 Å². The largest absolute Gasteiger partial charge is 0.395 e. The Morgan fingerprint density at radius 3 is 2.70 bits per heavy atom. The standard InChI is InChI=1S/C14H17ClN2O3/c1-2-7-17(8-9-18)13(19)10-16-14(20)11-5-3-4-6-12(11)15/h2-6,18H,1,7-10H2,(H,16,20). The summed E-state index contributed by atoms with van der Waals surface area (Å²) in [5, 5.41) is 11.7. The summed E-state index contributed by atoms with van der Waals surface area (Å²) in [4.78, 5) is 25.1. The molecule has 0 saturated heterocycles. The number of halogens is 1. The number of hydrogen-bond acceptors (Lipinski definition) is 3. The second-order valence-corrected chi connectivity index (χ2v) is 4.42. The van der Waals surface area contributed by atoms with Crippen LogP contribution >= 0.6 is 11.6 Å². The lowest BCUT2D eigenvalue weighted by Gasteiger charge is -2.20. The zero-order valence-corrected chi connectivity index (χ0v) is 11.8. The number of carbonyl (C=O) groups is 2. The van der Waals surface area contributed by atoms with Crippen LogP contribution in [0, 0.1) is 0 Å². The fourth-order valence-electron chi connectivity index (χ4n) is 1.60. The summed E-state index contributed by atoms with van der Waals surface area (Å²) in [6, 6.07) is 6.60. The topological polar surface area (TPSA) is 69.6 Å². The summed E-state index contributed by atoms with van der Waals surface area (Å²) >= 11 is 5.89. The van der Waals surface area contributed by atoms with Gasteiger partial charge in [-0.2, -0.15) is 0 Å². The molecule has 0 aliphatic rings. The van der Waals surface area contributed by atoms with Crippen molar-refractivity contribution >= 4 is 23.4 Å². The highest BCUT2D eigenvalue weighted by Crippen LogP contribution is 2.14. The minimum absolute atomic E-state index is 0.141. The highest BCUT2D eigenvalue weighted by molar-refractivity contribution is 6.33. The number of rotatable bonds is 7. The van der Waals surface area contributed by atoms with Crippen molar-refractivity contribution in [3.8, 4) is 0 Å². The second kappa shape index (κ2) is 8.35. The van der Waals surface area contributed by atoms with Gasteiger partial charge in [0.15, 0.2) is 0 Å². The third-order valence-corrected chi connectivity index (χ3v) is 2.92. The number of nitrogens with one attached hydrogen (secondary N) is 1. The fraction of sp³-hybridized carbons (Fsp3) is 0.286. The van der Waals surface area contributed by atoms with Crippen LogP contribution in [0.4, 0.5) is 0 Å². The lowest BCUT2D eigenvalue weighted by Crippen LogP contribution is -2.41. The first kappa shape index (κ1) is 16.2. The number of aliphatic hydroxyl groups is 1. The Hall–Kier alpha value is -1.85. The van der Waals surface area contributed by atoms with Crippen LogP contribution in [0.3, 0.4) is 0 Å². The molecular formula is C14H17ClN2O3. The van der Waals surface area contributed by atoms with Crippen LogP contribution < -0.4 is 5.32 Å². The summed E-state index contributed by atoms with van der Waals surface area (Å²) in [7, 11) is 0. The van der Waals surface area contributed by atoms with E-state index in [1.54, 1.807) is 30.3 Å². The van der Waals surface area contributed by atoms with Gasteiger partial charge in [-0.05, 0) is 12.1 Å². The van der Waals surface area contributed by atoms with Gasteiger partial charge in [-0.15, -0.1) is 6.58 Å². The van der Waals surface area contributed by atoms with E-state index in [0.29, 0.717) is 17.1 Å². The van der Waals surface area contributed by atoms with E-state index >= 15 is 0 Å². The van der Waals surface area contributed by atoms with Gasteiger partial charge in [0, 0.05) is 13.1 Å². The zero-order valence-electron chi connectivity index (χ0n) is 11.0. The summed E-state index contributed by atoms with van der Waals surface area (Å²) in [6.45, 7) is 3.77. The molecule has 0 fully saturated rings. The number of aliphatic hydroxyl groups excluding tert-OH is 1. The Morgan fingerprint density at radius 1 is 1.40 bits per heavy atom. The van der Waals surface area contributed by atoms with E-state index in [4.69, 9.17) is 16.7 Å². The number of carbonyl (C=O) groups excluding carboxylic acids is 2. The van der Waals surface area contributed by atoms with Crippen molar-refractivity contribution in [3.63, 3.8) is 0 Å². The van der Waals surface area contributed by atoms with Crippen LogP contribution in [-0.4, -0.2) is 48.1 Å². The summed E-state index contributed by atoms with van der Waals surface area (Å²) < 4.78 is 0. The van der Waals surface area contributed by atoms with Crippen LogP contribution in [0.15, 0.2) is 36.9 Å². The summed E-state index contributed by atoms with van der Waals surface area (Å²) in [5.41, 5.74) is 0.319. The Balaban J connectivity index is 2.57. The van der Waals surface area contributed by atoms with E-state index in [-0.39, 0.29) is 25.6 Å². The van der Waals surface area contributed by atoms with Gasteiger partial charge in [0.05, 0.1) is 23.7 Å². The highest BCUT2D eigenvalue weighted by Gasteiger charge is 2.14. The van der Waals surface area contributed by atoms with Crippen LogP contribution in [0.25, 0.3) is 0 Å². The van der Waals surface area contributed by atoms with Gasteiger partial charge < -0.3 is 15.3 Å². The quantitative estimate of drug-likeness (QED) is 0.740. The normalized spacial score (nSPS) is 9.90. The molecule has 2 N–H and O–H groups in total. The van der Waals surface area contributed by atoms with Gasteiger partial charge in [0.25, 0.3) is 5.91 Å². The van der Waals surface area contributed by atoms with Gasteiger partial charge in [-0.25, -0.2) is 0 Å². The first-order chi connectivity index (χ1) is 9.60. The molecule has 108 valence electrons. The summed E-state index contributed by atoms with van der Waals surface area (Å²) in [5.74, 6) is -0.703. The molecule has 0 aliphatic heterocycles. The summed E-state index contributed by atoms with van der Waals surface area (Å²) in [6.07, 6.45) is 1.56. The smallest absolute Gasteiger partial charge is 0.253 e. The molecule has 0 atom stereocenters. The molecule has 0 aromatic heterocycles. The third kappa shape index (κ3) is 4.68. The van der Waals surface area contributed by atoms with E-state index in [0.717, 1.165) is 0 Å². The Bertz CT molecular complexity index is 491. The molecule has 0 spiro atoms. The molecule has 0 unspecified atom stereocenters. The maximum atomic E-state index is 11.9. The molecule has 0 radical (unpaired) electrons. The van der Waals surface area contributed by atoms with Gasteiger partial charge in [0.2, 0.25) is 5.91 Å². The molecule has 6 heteroatoms. The van der Waals surface area contributed by atoms with E-state index in [1.807, 2.05) is 0 Å². The van der Waals surface area contributed by atoms with E-state index in [9.17, 15) is 9.59 Å². The average molecular weight is 297 g/mol. The van der Waals surface area contributed by atoms with E-state index in [2.05, 4.69) is 11.9 Å². The minimum atomic E-state index is -0.411. The SMILES string of the molecule is C=CCN(CCO)C(=O)CNC(=O)c1ccccc1Cl. The molecule has 0 bridgehead atoms. The van der Waals surface area contributed by atoms with Crippen LogP contribution in [0.2, 0.25) is 5.02 Å². The molecule has 1 aromatic rings. The number of amides is 2. The Kier molecular flexibility index (Phi) is 6.76. The van der Waals surface area contributed by atoms with E-state index < -0.39 is 5.91 Å². The maximum Gasteiger partial charge on any atom is 0.253 e. The van der Waals surface area contributed by atoms with Crippen molar-refractivity contribution in [2.45, 2.75) is 0 Å². The molecule has 0 aliphatic carbocycles. The Morgan fingerprint density at radius 2 is 2.10 bits per heavy atom. The van der Waals surface area contributed by atoms with Gasteiger partial charge in [-0.3, -0.25) is 9.59 Å². The first-order valence-electron chi connectivity index (χ1n) is 6.12. The van der Waals surface area contributed by atoms with Crippen LogP contribution in [0.5, 0.6) is 0 Å². The Labute approximate surface area is 122 Å². The van der Waals surface area contributed by atoms with Gasteiger partial charge in [-0.1, -0.05) is 29.8 Å². The number of benzene rings is 1. The predicted octanol–water partition coefficient (Wildman–Crippen LogP) is 1.08. The van der Waals surface area contributed by atoms with E-state index in [1.165, 1.54) is 4.90 Å². The molecule has 5 nitrogen and oxygen atoms in total. The highest BCUT2D eigenvalue weighted by atomic mass is 35.5. The lowest BCUT2D eigenvalue weighted by atomic mass is 10.2. The molecule has 1 aromatic carbocycles. The third-order valence-electron chi connectivity index (χ3n) is 2.59. The average Bonchev–Trinajstić information content (AvgIpc) is 2.44. The molecule has 1 rings (SSSR count). The monoisotopic (exact) mass is 296 g/mol. The zero-order chi connectivity index (χ0) is 15.0. The number of nitrogens with zero attached hydrogens (tertiary/aromatic N) is 1. The van der Waals surface area contributed by atoms with Gasteiger partial charge in [0.1, 0.15) is 0 Å². The fourth-order valence-corrected chi connectivity index (χ4v) is 1.82. The molecular weight excluding hydrogens is 280 g/mol. The van der Waals surface area contributed by atoms with Crippen molar-refractivity contribution in [1.82, 2.24) is 10.2 Å². The van der Waals surface area contributed by atoms with Gasteiger partial charge >= 0.3 is 0 Å². The van der Waals surface area contributed by atoms with Crippen LogP contribution in [0.1, 0.15) is 10.4 Å². The van der Waals surface area contributed by atoms with Crippen molar-refractivity contribution in [1.29, 1.82) is 0 Å².